The van der Waals surface area contributed by atoms with Crippen LogP contribution in [0, 0.1) is 11.8 Å². The van der Waals surface area contributed by atoms with Gasteiger partial charge in [-0.15, -0.1) is 0 Å². The molecule has 10 atom stereocenters. The van der Waals surface area contributed by atoms with Crippen molar-refractivity contribution in [1.82, 2.24) is 74.4 Å². The molecule has 38 nitrogen and oxygen atoms in total. The van der Waals surface area contributed by atoms with Gasteiger partial charge < -0.3 is 125 Å². The molecule has 0 aliphatic carbocycles. The molecule has 0 unspecified atom stereocenters. The number of nitrogens with one attached hydrogen (secondary N) is 14. The lowest BCUT2D eigenvalue weighted by molar-refractivity contribution is -0.133. The number of carbonyl (C=O) groups is 14. The maximum atomic E-state index is 13.3. The smallest absolute Gasteiger partial charge is 0.315 e. The molecule has 0 aromatic heterocycles. The van der Waals surface area contributed by atoms with Crippen molar-refractivity contribution in [2.45, 2.75) is 171 Å². The van der Waals surface area contributed by atoms with Gasteiger partial charge in [0, 0.05) is 129 Å². The Kier molecular flexibility index (Phi) is 36.1. The second-order valence-electron chi connectivity index (χ2n) is 25.0. The minimum atomic E-state index is -1.56. The molecule has 0 saturated carbocycles. The van der Waals surface area contributed by atoms with Gasteiger partial charge in [-0.2, -0.15) is 11.8 Å². The molecular formula is C65H148N16O22S. The molecule has 15 amide bonds. The standard InChI is InChI=1S/C65H114N16O22S.17H2/c1-41(58(66)92)14-7-10-21-70-60(94)44(75-56(91)39-103-31-29-100-26-24-68-43(3)38-102-30-28-101-27-25-69-51(86)18-6-4-5-17-50-57-49(40-104-50)80-65(99)81-57)16-9-12-23-72-62(96)46(35-83)79-55(90)33-74-64(98)48(37-85)77-53(88)20-13-19-52(87)76-47(36-84)63(97)73-32-54(89)78-45(34-82)61(95)71-22-11-8-15-42(2)59(67)93;;;;;;;;;;;;;;;;;/h41-42,44-50,57,68,82-85H,3-40H2,1-2H3,(H2,66,92)(H2,67,93)(H,69,86)(H,70,94)(H,71,95)(H,72,96)(H,73,97)(H,74,98)(H,75,91)(H,76,87)(H,77,88)(H,78,89)(H,79,90)(H2,80,81,99);17*1H/t41-,42-,44-,45-,46-,47-,48-,49-,50-,57-;;;;;;;;;;;;;;;;;/m0................./s1/i;16*1+1D;1+1. The molecule has 2 rings (SSSR count). The highest BCUT2D eigenvalue weighted by Gasteiger charge is 2.42. The van der Waals surface area contributed by atoms with E-state index in [0.717, 1.165) is 31.4 Å². The van der Waals surface area contributed by atoms with E-state index in [1.165, 1.54) is 0 Å². The number of unbranched alkanes of at least 4 members (excludes halogenated alkanes) is 5. The van der Waals surface area contributed by atoms with Crippen LogP contribution in [0.25, 0.3) is 0 Å². The van der Waals surface area contributed by atoms with Gasteiger partial charge in [0.25, 0.3) is 0 Å². The molecule has 2 aliphatic heterocycles. The summed E-state index contributed by atoms with van der Waals surface area (Å²) in [6.07, 6.45) is 7.35. The maximum absolute atomic E-state index is 13.3. The number of aliphatic hydroxyl groups is 4. The molecule has 0 bridgehead atoms. The molecule has 626 valence electrons. The van der Waals surface area contributed by atoms with Crippen LogP contribution in [-0.2, 0) is 81.3 Å². The van der Waals surface area contributed by atoms with Gasteiger partial charge in [-0.25, -0.2) is 4.79 Å². The van der Waals surface area contributed by atoms with Crippen molar-refractivity contribution < 1.29 is 155 Å². The summed E-state index contributed by atoms with van der Waals surface area (Å²) in [7, 11) is 0. The molecule has 0 aromatic rings. The summed E-state index contributed by atoms with van der Waals surface area (Å²) in [5.74, 6) is -8.58. The third kappa shape index (κ3) is 42.0. The van der Waals surface area contributed by atoms with Gasteiger partial charge in [-0.1, -0.05) is 46.1 Å². The number of hydrogen-bond acceptors (Lipinski definition) is 24. The van der Waals surface area contributed by atoms with E-state index >= 15 is 0 Å². The molecule has 0 radical (unpaired) electrons. The fraction of sp³-hybridized carbons (Fsp3) is 0.754. The summed E-state index contributed by atoms with van der Waals surface area (Å²) in [4.78, 5) is 174. The highest BCUT2D eigenvalue weighted by atomic mass is 32.2. The summed E-state index contributed by atoms with van der Waals surface area (Å²) in [6, 6.07) is -6.60. The summed E-state index contributed by atoms with van der Waals surface area (Å²) < 4.78 is 182. The Bertz CT molecular complexity index is 2820. The quantitative estimate of drug-likeness (QED) is 0.0220. The number of rotatable bonds is 62. The lowest BCUT2D eigenvalue weighted by atomic mass is 10.0. The first-order valence-corrected chi connectivity index (χ1v) is 36.4. The monoisotopic (exact) mass is 1570 g/mol. The minimum absolute atomic E-state index is 0. The summed E-state index contributed by atoms with van der Waals surface area (Å²) in [5.41, 5.74) is 11.2. The Morgan fingerprint density at radius 2 is 0.875 bits per heavy atom. The molecule has 2 heterocycles. The second-order valence-corrected chi connectivity index (χ2v) is 26.3. The van der Waals surface area contributed by atoms with Crippen LogP contribution in [0.1, 0.15) is 172 Å². The number of hydrogen-bond donors (Lipinski definition) is 20. The minimum Gasteiger partial charge on any atom is -0.394 e. The Hall–Kier alpha value is -8.05. The lowest BCUT2D eigenvalue weighted by Crippen LogP contribution is -2.54. The van der Waals surface area contributed by atoms with Crippen molar-refractivity contribution in [3.63, 3.8) is 0 Å². The number of thioether (sulfide) groups is 1. The van der Waals surface area contributed by atoms with Gasteiger partial charge >= 0.3 is 6.03 Å². The van der Waals surface area contributed by atoms with Crippen LogP contribution in [0.3, 0.4) is 0 Å². The van der Waals surface area contributed by atoms with E-state index in [-0.39, 0.29) is 115 Å². The predicted molar refractivity (Wildman–Crippen MR) is 413 cm³/mol. The van der Waals surface area contributed by atoms with E-state index < -0.39 is 141 Å². The van der Waals surface area contributed by atoms with Crippen molar-refractivity contribution in [3.05, 3.63) is 12.3 Å². The zero-order valence-electron chi connectivity index (χ0n) is 91.8. The fourth-order valence-corrected chi connectivity index (χ4v) is 11.7. The maximum Gasteiger partial charge on any atom is 0.315 e. The SMILES string of the molecule is C=C(COCCOCCNC(=O)CCCCC[C@@H]1SC[C@@H]2NC(=O)N[C@@H]21)NCCOCCOCC(=O)N[C@@H](CCCCNC(=O)[C@H](CO)NC(=O)CNC(=O)[C@H](CO)NC(=O)CCCC(=O)N[C@@H](CO)C(=O)NCC(=O)N[C@@H](CO)C(=O)NCCCC[C@H](C)C(N)=O)C(=O)NCCCC[C@H](C)C(N)=O.[2HH].[2H][2H].[2H][2H].[2H][2H].[2H][2H].[2H][2H].[2H][2H].[2H][2H].[2H][2H].[2H][2H].[2H][2H].[2H][2H].[2H][2H].[2H][2H].[2H][2H].[2H][2H].[2H][2H]. The molecule has 104 heavy (non-hydrogen) atoms. The highest BCUT2D eigenvalue weighted by molar-refractivity contribution is 8.00. The number of carbonyl (C=O) groups excluding carboxylic acids is 14. The Balaban J connectivity index is -0.000000285. The summed E-state index contributed by atoms with van der Waals surface area (Å²) in [6.45, 7) is 5.10. The van der Waals surface area contributed by atoms with Crippen molar-refractivity contribution in [1.29, 1.82) is 0 Å². The van der Waals surface area contributed by atoms with Gasteiger partial charge in [-0.3, -0.25) is 62.3 Å². The van der Waals surface area contributed by atoms with Gasteiger partial charge in [-0.05, 0) is 64.2 Å². The Labute approximate surface area is 661 Å². The number of nitrogens with two attached hydrogens (primary N) is 2. The average Bonchev–Trinajstić information content (AvgIpc) is 1.67. The summed E-state index contributed by atoms with van der Waals surface area (Å²) >= 11 is 1.89. The topological polar surface area (TPSA) is 577 Å². The molecule has 22 N–H and O–H groups in total. The zero-order chi connectivity index (χ0) is 109. The van der Waals surface area contributed by atoms with E-state index in [1.807, 2.05) is 11.8 Å². The highest BCUT2D eigenvalue weighted by Crippen LogP contribution is 2.33. The third-order valence-corrected chi connectivity index (χ3v) is 17.8. The van der Waals surface area contributed by atoms with Gasteiger partial charge in [0.05, 0.1) is 97.8 Å². The second kappa shape index (κ2) is 55.4. The van der Waals surface area contributed by atoms with E-state index in [2.05, 4.69) is 81.0 Å². The van der Waals surface area contributed by atoms with E-state index in [4.69, 9.17) is 77.9 Å². The van der Waals surface area contributed by atoms with Crippen LogP contribution in [0.5, 0.6) is 0 Å². The number of fused-ring (bicyclic) bond motifs is 1. The fourth-order valence-electron chi connectivity index (χ4n) is 10.2. The van der Waals surface area contributed by atoms with Crippen LogP contribution in [0.15, 0.2) is 12.3 Å². The predicted octanol–water partition coefficient (Wildman–Crippen LogP) is -2.53. The molecule has 0 aromatic carbocycles. The number of amides is 15. The van der Waals surface area contributed by atoms with Crippen LogP contribution < -0.4 is 85.9 Å². The molecule has 2 aliphatic rings. The van der Waals surface area contributed by atoms with Crippen LogP contribution in [-0.4, -0.2) is 282 Å². The molecular weight excluding hydrogens is 1390 g/mol. The number of urea groups is 1. The van der Waals surface area contributed by atoms with Crippen LogP contribution in [0.2, 0.25) is 0 Å². The molecule has 2 saturated heterocycles. The van der Waals surface area contributed by atoms with Crippen molar-refractivity contribution in [2.24, 2.45) is 23.3 Å². The largest absolute Gasteiger partial charge is 0.394 e. The van der Waals surface area contributed by atoms with E-state index in [0.29, 0.717) is 102 Å². The van der Waals surface area contributed by atoms with Gasteiger partial charge in [0.2, 0.25) is 76.8 Å². The Morgan fingerprint density at radius 3 is 1.36 bits per heavy atom. The summed E-state index contributed by atoms with van der Waals surface area (Å²) in [5, 5.41) is 75.3. The van der Waals surface area contributed by atoms with Crippen molar-refractivity contribution in [3.8, 4) is 0 Å². The van der Waals surface area contributed by atoms with Crippen molar-refractivity contribution >= 4 is 94.6 Å². The Morgan fingerprint density at radius 1 is 0.462 bits per heavy atom. The molecule has 39 heteroatoms. The first-order valence-electron chi connectivity index (χ1n) is 51.4. The van der Waals surface area contributed by atoms with Gasteiger partial charge in [0.1, 0.15) is 36.8 Å². The first-order chi connectivity index (χ1) is 65.8. The molecule has 2 fully saturated rings. The molecule has 0 spiro atoms. The number of primary amides is 2. The van der Waals surface area contributed by atoms with Crippen LogP contribution in [0.4, 0.5) is 4.79 Å². The van der Waals surface area contributed by atoms with Crippen LogP contribution >= 0.6 is 11.8 Å². The van der Waals surface area contributed by atoms with Crippen molar-refractivity contribution in [2.75, 3.05) is 131 Å². The third-order valence-electron chi connectivity index (χ3n) is 16.3. The average molecular weight is 1570 g/mol. The van der Waals surface area contributed by atoms with E-state index in [9.17, 15) is 87.5 Å². The van der Waals surface area contributed by atoms with Gasteiger partial charge in [0.15, 0.2) is 0 Å². The first kappa shape index (κ1) is 67.8. The number of ether oxygens (including phenoxy) is 4. The zero-order valence-corrected chi connectivity index (χ0v) is 60.7. The normalized spacial score (nSPS) is 17.6. The lowest BCUT2D eigenvalue weighted by Gasteiger charge is -2.20. The van der Waals surface area contributed by atoms with E-state index in [1.54, 1.807) is 13.8 Å². The number of aliphatic hydroxyl groups excluding tert-OH is 4.